The Morgan fingerprint density at radius 3 is 2.67 bits per heavy atom. The van der Waals surface area contributed by atoms with Gasteiger partial charge in [0.25, 0.3) is 11.7 Å². The molecule has 0 saturated heterocycles. The van der Waals surface area contributed by atoms with E-state index < -0.39 is 17.5 Å². The van der Waals surface area contributed by atoms with E-state index in [0.29, 0.717) is 22.2 Å². The van der Waals surface area contributed by atoms with Crippen molar-refractivity contribution in [3.05, 3.63) is 46.3 Å². The Kier molecular flexibility index (Phi) is 3.06. The monoisotopic (exact) mass is 307 g/mol. The molecule has 5 nitrogen and oxygen atoms in total. The highest BCUT2D eigenvalue weighted by atomic mass is 35.5. The first-order valence-electron chi connectivity index (χ1n) is 6.22. The lowest BCUT2D eigenvalue weighted by Gasteiger charge is -2.18. The Labute approximate surface area is 124 Å². The maximum Gasteiger partial charge on any atom is 0.299 e. The molecule has 7 heteroatoms. The van der Waals surface area contributed by atoms with Crippen LogP contribution in [0.4, 0.5) is 10.1 Å². The molecule has 0 aliphatic carbocycles. The fraction of sp³-hybridized carbons (Fsp3) is 0.214. The standard InChI is InChI=1S/C14H11ClFN3O2/c1-7-3-8(16)4-9-12(7)19(14(21)13(9)20)6-11-17-5-10(15)18(11)2/h3-5H,6H2,1-2H3. The van der Waals surface area contributed by atoms with E-state index in [1.54, 1.807) is 18.5 Å². The van der Waals surface area contributed by atoms with Crippen LogP contribution in [0.25, 0.3) is 0 Å². The van der Waals surface area contributed by atoms with Crippen molar-refractivity contribution in [1.29, 1.82) is 0 Å². The molecule has 1 aromatic carbocycles. The first-order valence-corrected chi connectivity index (χ1v) is 6.60. The van der Waals surface area contributed by atoms with Crippen LogP contribution in [0.1, 0.15) is 21.7 Å². The van der Waals surface area contributed by atoms with Gasteiger partial charge in [0.15, 0.2) is 0 Å². The molecule has 1 aromatic heterocycles. The number of carbonyl (C=O) groups excluding carboxylic acids is 2. The SMILES string of the molecule is Cc1cc(F)cc2c1N(Cc1ncc(Cl)n1C)C(=O)C2=O. The lowest BCUT2D eigenvalue weighted by molar-refractivity contribution is -0.114. The quantitative estimate of drug-likeness (QED) is 0.800. The third kappa shape index (κ3) is 2.03. The molecule has 108 valence electrons. The van der Waals surface area contributed by atoms with Crippen LogP contribution in [0.3, 0.4) is 0 Å². The largest absolute Gasteiger partial charge is 0.321 e. The Bertz CT molecular complexity index is 785. The molecule has 1 amide bonds. The number of amides is 1. The van der Waals surface area contributed by atoms with Crippen LogP contribution in [0.5, 0.6) is 0 Å². The van der Waals surface area contributed by atoms with E-state index >= 15 is 0 Å². The summed E-state index contributed by atoms with van der Waals surface area (Å²) in [6, 6.07) is 2.39. The first-order chi connectivity index (χ1) is 9.90. The minimum absolute atomic E-state index is 0.0952. The van der Waals surface area contributed by atoms with Crippen molar-refractivity contribution in [3.8, 4) is 0 Å². The van der Waals surface area contributed by atoms with E-state index in [-0.39, 0.29) is 12.1 Å². The number of halogens is 2. The van der Waals surface area contributed by atoms with Gasteiger partial charge in [0.2, 0.25) is 0 Å². The molecule has 0 fully saturated rings. The van der Waals surface area contributed by atoms with Crippen LogP contribution in [0.2, 0.25) is 5.15 Å². The molecule has 1 aliphatic heterocycles. The van der Waals surface area contributed by atoms with Gasteiger partial charge in [0, 0.05) is 7.05 Å². The smallest absolute Gasteiger partial charge is 0.299 e. The van der Waals surface area contributed by atoms with Crippen molar-refractivity contribution >= 4 is 29.0 Å². The number of rotatable bonds is 2. The van der Waals surface area contributed by atoms with Crippen molar-refractivity contribution < 1.29 is 14.0 Å². The number of hydrogen-bond acceptors (Lipinski definition) is 3. The second-order valence-corrected chi connectivity index (χ2v) is 5.28. The van der Waals surface area contributed by atoms with E-state index in [0.717, 1.165) is 6.07 Å². The Balaban J connectivity index is 2.08. The summed E-state index contributed by atoms with van der Waals surface area (Å²) < 4.78 is 15.0. The van der Waals surface area contributed by atoms with Crippen LogP contribution in [-0.4, -0.2) is 21.2 Å². The summed E-state index contributed by atoms with van der Waals surface area (Å²) in [7, 11) is 1.71. The van der Waals surface area contributed by atoms with Crippen LogP contribution >= 0.6 is 11.6 Å². The fourth-order valence-corrected chi connectivity index (χ4v) is 2.62. The zero-order chi connectivity index (χ0) is 15.3. The summed E-state index contributed by atoms with van der Waals surface area (Å²) in [5.41, 5.74) is 1.06. The number of imidazole rings is 1. The second kappa shape index (κ2) is 4.66. The van der Waals surface area contributed by atoms with Gasteiger partial charge in [0.05, 0.1) is 24.0 Å². The molecular weight excluding hydrogens is 297 g/mol. The van der Waals surface area contributed by atoms with E-state index in [9.17, 15) is 14.0 Å². The van der Waals surface area contributed by atoms with Gasteiger partial charge in [-0.3, -0.25) is 14.5 Å². The number of ketones is 1. The number of carbonyl (C=O) groups is 2. The van der Waals surface area contributed by atoms with Gasteiger partial charge in [-0.25, -0.2) is 9.37 Å². The van der Waals surface area contributed by atoms with Crippen LogP contribution in [0, 0.1) is 12.7 Å². The molecular formula is C14H11ClFN3O2. The van der Waals surface area contributed by atoms with Crippen LogP contribution < -0.4 is 4.90 Å². The molecule has 1 aliphatic rings. The number of hydrogen-bond donors (Lipinski definition) is 0. The zero-order valence-electron chi connectivity index (χ0n) is 11.4. The predicted molar refractivity (Wildman–Crippen MR) is 74.9 cm³/mol. The Morgan fingerprint density at radius 2 is 2.05 bits per heavy atom. The summed E-state index contributed by atoms with van der Waals surface area (Å²) in [5, 5.41) is 0.430. The first kappa shape index (κ1) is 13.8. The zero-order valence-corrected chi connectivity index (χ0v) is 12.1. The van der Waals surface area contributed by atoms with E-state index in [2.05, 4.69) is 4.98 Å². The molecule has 0 saturated carbocycles. The van der Waals surface area contributed by atoms with E-state index in [4.69, 9.17) is 11.6 Å². The van der Waals surface area contributed by atoms with Gasteiger partial charge in [0.1, 0.15) is 16.8 Å². The number of nitrogens with zero attached hydrogens (tertiary/aromatic N) is 3. The van der Waals surface area contributed by atoms with Gasteiger partial charge in [-0.1, -0.05) is 11.6 Å². The Morgan fingerprint density at radius 1 is 1.33 bits per heavy atom. The van der Waals surface area contributed by atoms with Gasteiger partial charge in [-0.15, -0.1) is 0 Å². The average molecular weight is 308 g/mol. The van der Waals surface area contributed by atoms with Gasteiger partial charge < -0.3 is 4.57 Å². The molecule has 21 heavy (non-hydrogen) atoms. The highest BCUT2D eigenvalue weighted by molar-refractivity contribution is 6.52. The molecule has 0 radical (unpaired) electrons. The molecule has 0 spiro atoms. The third-order valence-corrected chi connectivity index (χ3v) is 3.90. The molecule has 0 atom stereocenters. The van der Waals surface area contributed by atoms with Crippen molar-refractivity contribution in [1.82, 2.24) is 9.55 Å². The number of fused-ring (bicyclic) bond motifs is 1. The maximum atomic E-state index is 13.4. The summed E-state index contributed by atoms with van der Waals surface area (Å²) in [5.74, 6) is -1.38. The summed E-state index contributed by atoms with van der Waals surface area (Å²) in [4.78, 5) is 29.5. The highest BCUT2D eigenvalue weighted by Gasteiger charge is 2.38. The molecule has 0 N–H and O–H groups in total. The van der Waals surface area contributed by atoms with Crippen molar-refractivity contribution in [2.75, 3.05) is 4.90 Å². The predicted octanol–water partition coefficient (Wildman–Crippen LogP) is 2.25. The summed E-state index contributed by atoms with van der Waals surface area (Å²) in [6.07, 6.45) is 1.47. The number of Topliss-reactive ketones (excluding diaryl/α,β-unsaturated/α-hetero) is 1. The van der Waals surface area contributed by atoms with Gasteiger partial charge in [-0.2, -0.15) is 0 Å². The molecule has 0 unspecified atom stereocenters. The van der Waals surface area contributed by atoms with E-state index in [1.165, 1.54) is 17.2 Å². The van der Waals surface area contributed by atoms with Crippen molar-refractivity contribution in [2.24, 2.45) is 7.05 Å². The average Bonchev–Trinajstić information content (AvgIpc) is 2.85. The minimum Gasteiger partial charge on any atom is -0.321 e. The second-order valence-electron chi connectivity index (χ2n) is 4.90. The lowest BCUT2D eigenvalue weighted by Crippen LogP contribution is -2.30. The van der Waals surface area contributed by atoms with E-state index in [1.807, 2.05) is 0 Å². The topological polar surface area (TPSA) is 55.2 Å². The lowest BCUT2D eigenvalue weighted by atomic mass is 10.1. The van der Waals surface area contributed by atoms with Crippen molar-refractivity contribution in [2.45, 2.75) is 13.5 Å². The molecule has 0 bridgehead atoms. The number of aryl methyl sites for hydroxylation is 1. The summed E-state index contributed by atoms with van der Waals surface area (Å²) in [6.45, 7) is 1.76. The van der Waals surface area contributed by atoms with Crippen LogP contribution in [0.15, 0.2) is 18.3 Å². The number of aromatic nitrogens is 2. The third-order valence-electron chi connectivity index (χ3n) is 3.55. The van der Waals surface area contributed by atoms with Gasteiger partial charge in [-0.05, 0) is 24.6 Å². The Hall–Kier alpha value is -2.21. The molecule has 2 heterocycles. The minimum atomic E-state index is -0.701. The normalized spacial score (nSPS) is 14.0. The van der Waals surface area contributed by atoms with Crippen molar-refractivity contribution in [3.63, 3.8) is 0 Å². The highest BCUT2D eigenvalue weighted by Crippen LogP contribution is 2.34. The molecule has 2 aromatic rings. The number of anilines is 1. The number of benzene rings is 1. The van der Waals surface area contributed by atoms with Gasteiger partial charge >= 0.3 is 0 Å². The van der Waals surface area contributed by atoms with Crippen LogP contribution in [-0.2, 0) is 18.4 Å². The fourth-order valence-electron chi connectivity index (χ4n) is 2.47. The molecule has 3 rings (SSSR count). The summed E-state index contributed by atoms with van der Waals surface area (Å²) >= 11 is 5.91. The maximum absolute atomic E-state index is 13.4.